The number of rotatable bonds is 7. The molecule has 3 nitrogen and oxygen atoms in total. The highest BCUT2D eigenvalue weighted by Crippen LogP contribution is 2.48. The molecule has 2 aliphatic carbocycles. The molecular weight excluding hydrogens is 441 g/mol. The van der Waals surface area contributed by atoms with Gasteiger partial charge in [0.25, 0.3) is 0 Å². The van der Waals surface area contributed by atoms with Gasteiger partial charge in [-0.15, -0.1) is 0 Å². The number of nitrogens with one attached hydrogen (secondary N) is 2. The molecule has 2 aromatic carbocycles. The number of nitrogens with zero attached hydrogens (tertiary/aromatic N) is 1. The molecule has 0 bridgehead atoms. The standard InChI is InChI=1S/C28H36N3PS/c1-21(29-28(33)30-25-18-10-11-19-26(25)31(2)3)24-17-12-20-27(24)32(22-13-6-4-7-14-22)23-15-8-5-9-16-23/h4-9,12-16,20-21,25-26H,10-11,17-19H2,1-3H3,(H2,29,30,33)/t21-,25+,26+/m1/s1. The molecule has 0 radical (unpaired) electrons. The van der Waals surface area contributed by atoms with Crippen LogP contribution in [0.15, 0.2) is 83.7 Å². The van der Waals surface area contributed by atoms with Gasteiger partial charge < -0.3 is 15.5 Å². The molecule has 0 saturated heterocycles. The Balaban J connectivity index is 1.54. The summed E-state index contributed by atoms with van der Waals surface area (Å²) in [6, 6.07) is 23.0. The number of thiocarbonyl (C=S) groups is 1. The molecule has 0 spiro atoms. The molecule has 1 fully saturated rings. The van der Waals surface area contributed by atoms with E-state index in [4.69, 9.17) is 12.2 Å². The summed E-state index contributed by atoms with van der Waals surface area (Å²) in [6.45, 7) is 2.25. The summed E-state index contributed by atoms with van der Waals surface area (Å²) in [6.07, 6.45) is 10.6. The van der Waals surface area contributed by atoms with E-state index < -0.39 is 7.92 Å². The van der Waals surface area contributed by atoms with Crippen molar-refractivity contribution in [1.29, 1.82) is 0 Å². The number of benzene rings is 2. The Kier molecular flexibility index (Phi) is 8.35. The molecule has 0 unspecified atom stereocenters. The Labute approximate surface area is 206 Å². The molecule has 5 heteroatoms. The lowest BCUT2D eigenvalue weighted by Crippen LogP contribution is -2.54. The average molecular weight is 478 g/mol. The van der Waals surface area contributed by atoms with E-state index in [-0.39, 0.29) is 6.04 Å². The molecule has 33 heavy (non-hydrogen) atoms. The number of allylic oxidation sites excluding steroid dienone is 3. The second-order valence-electron chi connectivity index (χ2n) is 9.28. The van der Waals surface area contributed by atoms with E-state index in [2.05, 4.69) is 109 Å². The van der Waals surface area contributed by atoms with Gasteiger partial charge >= 0.3 is 0 Å². The first-order valence-electron chi connectivity index (χ1n) is 12.1. The number of likely N-dealkylation sites (N-methyl/N-ethyl adjacent to an activating group) is 1. The van der Waals surface area contributed by atoms with Gasteiger partial charge in [-0.1, -0.05) is 85.7 Å². The maximum atomic E-state index is 5.80. The van der Waals surface area contributed by atoms with E-state index in [1.807, 2.05) is 0 Å². The lowest BCUT2D eigenvalue weighted by atomic mass is 9.89. The van der Waals surface area contributed by atoms with Crippen molar-refractivity contribution in [3.63, 3.8) is 0 Å². The first-order valence-corrected chi connectivity index (χ1v) is 13.8. The summed E-state index contributed by atoms with van der Waals surface area (Å²) in [4.78, 5) is 2.34. The Hall–Kier alpha value is -2.00. The number of hydrogen-bond acceptors (Lipinski definition) is 2. The highest BCUT2D eigenvalue weighted by atomic mass is 32.1. The van der Waals surface area contributed by atoms with Gasteiger partial charge in [0.15, 0.2) is 5.11 Å². The zero-order chi connectivity index (χ0) is 23.2. The quantitative estimate of drug-likeness (QED) is 0.431. The molecule has 2 aromatic rings. The summed E-state index contributed by atoms with van der Waals surface area (Å²) < 4.78 is 0. The van der Waals surface area contributed by atoms with Crippen LogP contribution in [-0.2, 0) is 0 Å². The molecule has 2 aliphatic rings. The SMILES string of the molecule is C[C@@H](NC(=S)N[C@H]1CCCC[C@@H]1N(C)C)C1=C(P(c2ccccc2)c2ccccc2)C=CC1. The lowest BCUT2D eigenvalue weighted by molar-refractivity contribution is 0.189. The first kappa shape index (κ1) is 24.1. The Morgan fingerprint density at radius 3 is 2.18 bits per heavy atom. The third-order valence-corrected chi connectivity index (χ3v) is 9.57. The molecular formula is C28H36N3PS. The van der Waals surface area contributed by atoms with Gasteiger partial charge in [-0.25, -0.2) is 0 Å². The van der Waals surface area contributed by atoms with E-state index in [9.17, 15) is 0 Å². The fourth-order valence-corrected chi connectivity index (χ4v) is 8.05. The summed E-state index contributed by atoms with van der Waals surface area (Å²) in [5.41, 5.74) is 1.45. The van der Waals surface area contributed by atoms with Crippen molar-refractivity contribution in [2.45, 2.75) is 57.2 Å². The number of hydrogen-bond donors (Lipinski definition) is 2. The van der Waals surface area contributed by atoms with Crippen LogP contribution in [0.5, 0.6) is 0 Å². The van der Waals surface area contributed by atoms with Crippen molar-refractivity contribution in [1.82, 2.24) is 15.5 Å². The molecule has 1 saturated carbocycles. The third-order valence-electron chi connectivity index (χ3n) is 6.79. The van der Waals surface area contributed by atoms with E-state index in [1.54, 1.807) is 0 Å². The van der Waals surface area contributed by atoms with Gasteiger partial charge in [0.2, 0.25) is 0 Å². The van der Waals surface area contributed by atoms with Crippen LogP contribution in [0.3, 0.4) is 0 Å². The molecule has 3 atom stereocenters. The van der Waals surface area contributed by atoms with Gasteiger partial charge in [0.05, 0.1) is 0 Å². The van der Waals surface area contributed by atoms with E-state index in [0.29, 0.717) is 12.1 Å². The van der Waals surface area contributed by atoms with Crippen molar-refractivity contribution < 1.29 is 0 Å². The minimum atomic E-state index is -0.599. The van der Waals surface area contributed by atoms with E-state index in [0.717, 1.165) is 11.5 Å². The molecule has 0 amide bonds. The van der Waals surface area contributed by atoms with Crippen LogP contribution in [0, 0.1) is 0 Å². The van der Waals surface area contributed by atoms with Crippen LogP contribution in [0.25, 0.3) is 0 Å². The molecule has 2 N–H and O–H groups in total. The Morgan fingerprint density at radius 2 is 1.58 bits per heavy atom. The largest absolute Gasteiger partial charge is 0.358 e. The lowest BCUT2D eigenvalue weighted by Gasteiger charge is -2.37. The maximum absolute atomic E-state index is 5.80. The summed E-state index contributed by atoms with van der Waals surface area (Å²) in [5, 5.41) is 12.3. The van der Waals surface area contributed by atoms with Crippen molar-refractivity contribution >= 4 is 35.9 Å². The summed E-state index contributed by atoms with van der Waals surface area (Å²) >= 11 is 5.80. The van der Waals surface area contributed by atoms with Crippen LogP contribution in [0.4, 0.5) is 0 Å². The Bertz CT molecular complexity index is 947. The monoisotopic (exact) mass is 477 g/mol. The Morgan fingerprint density at radius 1 is 0.970 bits per heavy atom. The zero-order valence-corrected chi connectivity index (χ0v) is 21.7. The van der Waals surface area contributed by atoms with Crippen molar-refractivity contribution in [3.05, 3.63) is 83.7 Å². The predicted molar refractivity (Wildman–Crippen MR) is 148 cm³/mol. The highest BCUT2D eigenvalue weighted by Gasteiger charge is 2.29. The zero-order valence-electron chi connectivity index (χ0n) is 20.0. The fourth-order valence-electron chi connectivity index (χ4n) is 5.10. The first-order chi connectivity index (χ1) is 16.0. The van der Waals surface area contributed by atoms with Crippen molar-refractivity contribution in [2.75, 3.05) is 14.1 Å². The minimum absolute atomic E-state index is 0.189. The van der Waals surface area contributed by atoms with Crippen LogP contribution >= 0.6 is 20.1 Å². The predicted octanol–water partition coefficient (Wildman–Crippen LogP) is 5.06. The molecule has 0 aromatic heterocycles. The van der Waals surface area contributed by atoms with Crippen molar-refractivity contribution in [3.8, 4) is 0 Å². The van der Waals surface area contributed by atoms with Gasteiger partial charge in [-0.05, 0) is 81.9 Å². The topological polar surface area (TPSA) is 27.3 Å². The van der Waals surface area contributed by atoms with Crippen LogP contribution in [0.1, 0.15) is 39.0 Å². The molecule has 0 heterocycles. The highest BCUT2D eigenvalue weighted by molar-refractivity contribution is 7.80. The summed E-state index contributed by atoms with van der Waals surface area (Å²) in [5.74, 6) is 0. The van der Waals surface area contributed by atoms with E-state index >= 15 is 0 Å². The van der Waals surface area contributed by atoms with Gasteiger partial charge in [0.1, 0.15) is 0 Å². The maximum Gasteiger partial charge on any atom is 0.167 e. The second kappa shape index (κ2) is 11.4. The van der Waals surface area contributed by atoms with Crippen molar-refractivity contribution in [2.24, 2.45) is 0 Å². The van der Waals surface area contributed by atoms with E-state index in [1.165, 1.54) is 47.2 Å². The van der Waals surface area contributed by atoms with Crippen LogP contribution in [-0.4, -0.2) is 42.2 Å². The normalized spacial score (nSPS) is 21.5. The average Bonchev–Trinajstić information content (AvgIpc) is 3.30. The fraction of sp³-hybridized carbons (Fsp3) is 0.393. The molecule has 174 valence electrons. The van der Waals surface area contributed by atoms with Gasteiger partial charge in [-0.2, -0.15) is 0 Å². The third kappa shape index (κ3) is 5.93. The minimum Gasteiger partial charge on any atom is -0.358 e. The van der Waals surface area contributed by atoms with Gasteiger partial charge in [-0.3, -0.25) is 0 Å². The molecule has 0 aliphatic heterocycles. The van der Waals surface area contributed by atoms with Crippen LogP contribution < -0.4 is 21.2 Å². The smallest absolute Gasteiger partial charge is 0.167 e. The van der Waals surface area contributed by atoms with Gasteiger partial charge in [0, 0.05) is 18.1 Å². The molecule has 4 rings (SSSR count). The second-order valence-corrected chi connectivity index (χ2v) is 11.9. The van der Waals surface area contributed by atoms with Crippen LogP contribution in [0.2, 0.25) is 0 Å². The summed E-state index contributed by atoms with van der Waals surface area (Å²) in [7, 11) is 3.76.